The Kier molecular flexibility index (Phi) is 5.26. The number of benzene rings is 1. The number of aromatic nitrogens is 3. The first-order chi connectivity index (χ1) is 13.6. The van der Waals surface area contributed by atoms with E-state index in [9.17, 15) is 18.8 Å². The van der Waals surface area contributed by atoms with Crippen molar-refractivity contribution < 1.29 is 23.5 Å². The number of nitrogens with zero attached hydrogens (tertiary/aromatic N) is 4. The summed E-state index contributed by atoms with van der Waals surface area (Å²) in [6, 6.07) is 4.80. The van der Waals surface area contributed by atoms with Crippen LogP contribution in [0.1, 0.15) is 19.7 Å². The van der Waals surface area contributed by atoms with Crippen molar-refractivity contribution in [2.45, 2.75) is 26.0 Å². The fraction of sp³-hybridized carbons (Fsp3) is 0.294. The van der Waals surface area contributed by atoms with Crippen molar-refractivity contribution in [3.05, 3.63) is 35.9 Å². The number of nitrogens with one attached hydrogen (secondary N) is 2. The average molecular weight is 403 g/mol. The van der Waals surface area contributed by atoms with Gasteiger partial charge in [-0.25, -0.2) is 9.18 Å². The summed E-state index contributed by atoms with van der Waals surface area (Å²) in [6.07, 6.45) is 0. The van der Waals surface area contributed by atoms with E-state index in [0.29, 0.717) is 5.69 Å². The number of nitrogen functional groups attached to an aromatic ring is 1. The summed E-state index contributed by atoms with van der Waals surface area (Å²) in [5, 5.41) is 5.29. The van der Waals surface area contributed by atoms with Crippen LogP contribution in [0, 0.1) is 5.82 Å². The zero-order valence-electron chi connectivity index (χ0n) is 15.6. The van der Waals surface area contributed by atoms with Crippen LogP contribution in [0.3, 0.4) is 0 Å². The largest absolute Gasteiger partial charge is 0.456 e. The third-order valence-corrected chi connectivity index (χ3v) is 3.89. The molecule has 29 heavy (non-hydrogen) atoms. The Morgan fingerprint density at radius 3 is 2.55 bits per heavy atom. The molecule has 3 rings (SSSR count). The van der Waals surface area contributed by atoms with Crippen LogP contribution in [-0.2, 0) is 20.9 Å². The molecule has 1 aliphatic rings. The second kappa shape index (κ2) is 7.66. The lowest BCUT2D eigenvalue weighted by Gasteiger charge is -2.15. The quantitative estimate of drug-likeness (QED) is 0.467. The number of urea groups is 1. The minimum atomic E-state index is -1.08. The van der Waals surface area contributed by atoms with E-state index in [4.69, 9.17) is 10.5 Å². The first-order valence-electron chi connectivity index (χ1n) is 8.47. The molecule has 0 aliphatic carbocycles. The van der Waals surface area contributed by atoms with Gasteiger partial charge in [0.1, 0.15) is 17.9 Å². The normalized spacial score (nSPS) is 15.2. The summed E-state index contributed by atoms with van der Waals surface area (Å²) in [5.41, 5.74) is 5.07. The fourth-order valence-electron chi connectivity index (χ4n) is 2.50. The fourth-order valence-corrected chi connectivity index (χ4v) is 2.50. The maximum atomic E-state index is 13.0. The van der Waals surface area contributed by atoms with Crippen molar-refractivity contribution in [1.29, 1.82) is 0 Å². The Hall–Kier alpha value is -3.83. The van der Waals surface area contributed by atoms with E-state index < -0.39 is 35.8 Å². The van der Waals surface area contributed by atoms with E-state index in [1.165, 1.54) is 38.1 Å². The van der Waals surface area contributed by atoms with Gasteiger partial charge in [-0.05, 0) is 38.1 Å². The van der Waals surface area contributed by atoms with Gasteiger partial charge in [-0.1, -0.05) is 0 Å². The first-order valence-corrected chi connectivity index (χ1v) is 8.47. The zero-order valence-corrected chi connectivity index (χ0v) is 15.6. The van der Waals surface area contributed by atoms with E-state index in [1.54, 1.807) is 0 Å². The molecule has 2 heterocycles. The van der Waals surface area contributed by atoms with Gasteiger partial charge in [0.15, 0.2) is 12.4 Å². The predicted molar refractivity (Wildman–Crippen MR) is 98.0 cm³/mol. The number of rotatable bonds is 6. The van der Waals surface area contributed by atoms with Crippen molar-refractivity contribution in [3.63, 3.8) is 0 Å². The zero-order chi connectivity index (χ0) is 21.2. The number of amides is 3. The maximum absolute atomic E-state index is 13.0. The summed E-state index contributed by atoms with van der Waals surface area (Å²) >= 11 is 0. The minimum absolute atomic E-state index is 0.0491. The maximum Gasteiger partial charge on any atom is 0.326 e. The monoisotopic (exact) mass is 403 g/mol. The molecule has 152 valence electrons. The lowest BCUT2D eigenvalue weighted by Crippen LogP contribution is -2.41. The van der Waals surface area contributed by atoms with Crippen LogP contribution in [0.5, 0.6) is 0 Å². The van der Waals surface area contributed by atoms with E-state index in [1.807, 2.05) is 0 Å². The Morgan fingerprint density at radius 2 is 1.93 bits per heavy atom. The SMILES string of the molecule is CC1(C)NC(=O)N(CC(=O)OCc2nc(N)nc(Nc3ccc(F)cc3)n2)C1=O. The highest BCUT2D eigenvalue weighted by atomic mass is 19.1. The number of ether oxygens (including phenoxy) is 1. The molecule has 1 aromatic carbocycles. The third-order valence-electron chi connectivity index (χ3n) is 3.89. The molecule has 1 aliphatic heterocycles. The molecule has 0 saturated carbocycles. The second-order valence-corrected chi connectivity index (χ2v) is 6.67. The minimum Gasteiger partial charge on any atom is -0.456 e. The lowest BCUT2D eigenvalue weighted by atomic mass is 10.1. The van der Waals surface area contributed by atoms with Crippen molar-refractivity contribution in [2.75, 3.05) is 17.6 Å². The molecule has 1 saturated heterocycles. The first kappa shape index (κ1) is 19.9. The Balaban J connectivity index is 1.61. The van der Waals surface area contributed by atoms with Crippen LogP contribution in [0.25, 0.3) is 0 Å². The molecule has 0 atom stereocenters. The molecule has 0 unspecified atom stereocenters. The van der Waals surface area contributed by atoms with Gasteiger partial charge in [0, 0.05) is 5.69 Å². The third kappa shape index (κ3) is 4.72. The molecule has 3 amide bonds. The summed E-state index contributed by atoms with van der Waals surface area (Å²) in [7, 11) is 0. The lowest BCUT2D eigenvalue weighted by molar-refractivity contribution is -0.148. The number of esters is 1. The van der Waals surface area contributed by atoms with Gasteiger partial charge in [0.05, 0.1) is 0 Å². The number of hydrogen-bond acceptors (Lipinski definition) is 9. The van der Waals surface area contributed by atoms with Crippen molar-refractivity contribution >= 4 is 35.5 Å². The van der Waals surface area contributed by atoms with Gasteiger partial charge in [-0.15, -0.1) is 0 Å². The number of imide groups is 1. The van der Waals surface area contributed by atoms with Crippen molar-refractivity contribution in [1.82, 2.24) is 25.2 Å². The molecule has 0 bridgehead atoms. The highest BCUT2D eigenvalue weighted by Crippen LogP contribution is 2.17. The molecule has 0 radical (unpaired) electrons. The van der Waals surface area contributed by atoms with E-state index in [-0.39, 0.29) is 24.3 Å². The summed E-state index contributed by atoms with van der Waals surface area (Å²) in [6.45, 7) is 2.16. The Morgan fingerprint density at radius 1 is 1.24 bits per heavy atom. The topological polar surface area (TPSA) is 152 Å². The van der Waals surface area contributed by atoms with Gasteiger partial charge < -0.3 is 21.1 Å². The highest BCUT2D eigenvalue weighted by molar-refractivity contribution is 6.08. The number of carbonyl (C=O) groups excluding carboxylic acids is 3. The van der Waals surface area contributed by atoms with E-state index in [2.05, 4.69) is 25.6 Å². The van der Waals surface area contributed by atoms with Gasteiger partial charge in [-0.2, -0.15) is 15.0 Å². The molecule has 0 spiro atoms. The Labute approximate surface area is 164 Å². The van der Waals surface area contributed by atoms with Crippen LogP contribution in [0.15, 0.2) is 24.3 Å². The number of anilines is 3. The van der Waals surface area contributed by atoms with Crippen LogP contribution < -0.4 is 16.4 Å². The predicted octanol–water partition coefficient (Wildman–Crippen LogP) is 0.710. The standard InChI is InChI=1S/C17H18FN7O4/c1-17(2)13(27)25(16(28)24-17)7-12(26)29-8-11-21-14(19)23-15(22-11)20-10-5-3-9(18)4-6-10/h3-6H,7-8H2,1-2H3,(H,24,28)(H3,19,20,21,22,23). The number of hydrogen-bond donors (Lipinski definition) is 3. The van der Waals surface area contributed by atoms with Crippen LogP contribution in [0.2, 0.25) is 0 Å². The number of halogens is 1. The molecular weight excluding hydrogens is 385 g/mol. The van der Waals surface area contributed by atoms with Crippen molar-refractivity contribution in [3.8, 4) is 0 Å². The summed E-state index contributed by atoms with van der Waals surface area (Å²) in [5.74, 6) is -1.75. The summed E-state index contributed by atoms with van der Waals surface area (Å²) in [4.78, 5) is 48.5. The average Bonchev–Trinajstić information content (AvgIpc) is 2.83. The number of nitrogens with two attached hydrogens (primary N) is 1. The van der Waals surface area contributed by atoms with Crippen molar-refractivity contribution in [2.24, 2.45) is 0 Å². The Bertz CT molecular complexity index is 965. The summed E-state index contributed by atoms with van der Waals surface area (Å²) < 4.78 is 18.0. The molecule has 4 N–H and O–H groups in total. The number of carbonyl (C=O) groups is 3. The van der Waals surface area contributed by atoms with Crippen LogP contribution in [-0.4, -0.2) is 49.8 Å². The van der Waals surface area contributed by atoms with Gasteiger partial charge in [-0.3, -0.25) is 14.5 Å². The second-order valence-electron chi connectivity index (χ2n) is 6.67. The van der Waals surface area contributed by atoms with Gasteiger partial charge >= 0.3 is 12.0 Å². The molecule has 1 fully saturated rings. The molecule has 1 aromatic heterocycles. The molecule has 2 aromatic rings. The van der Waals surface area contributed by atoms with Gasteiger partial charge in [0.2, 0.25) is 11.9 Å². The van der Waals surface area contributed by atoms with E-state index in [0.717, 1.165) is 4.90 Å². The van der Waals surface area contributed by atoms with Gasteiger partial charge in [0.25, 0.3) is 5.91 Å². The smallest absolute Gasteiger partial charge is 0.326 e. The molecular formula is C17H18FN7O4. The van der Waals surface area contributed by atoms with Crippen LogP contribution in [0.4, 0.5) is 26.8 Å². The molecule has 12 heteroatoms. The molecule has 11 nitrogen and oxygen atoms in total. The highest BCUT2D eigenvalue weighted by Gasteiger charge is 2.45. The van der Waals surface area contributed by atoms with Crippen LogP contribution >= 0.6 is 0 Å². The van der Waals surface area contributed by atoms with E-state index >= 15 is 0 Å².